The van der Waals surface area contributed by atoms with Crippen LogP contribution < -0.4 is 5.32 Å². The first-order valence-corrected chi connectivity index (χ1v) is 7.46. The maximum absolute atomic E-state index is 11.3. The van der Waals surface area contributed by atoms with Crippen molar-refractivity contribution >= 4 is 16.6 Å². The van der Waals surface area contributed by atoms with Crippen LogP contribution >= 0.6 is 0 Å². The molecule has 18 heavy (non-hydrogen) atoms. The van der Waals surface area contributed by atoms with E-state index in [9.17, 15) is 9.47 Å². The third-order valence-electron chi connectivity index (χ3n) is 3.30. The van der Waals surface area contributed by atoms with Gasteiger partial charge in [0.2, 0.25) is 0 Å². The van der Waals surface area contributed by atoms with Gasteiger partial charge < -0.3 is 5.32 Å². The standard InChI is InChI=1S/C12H16N4OS/c1-8-9(2)15-16-12(11(8)7-13)14-10-3-5-18(17)6-4-10/h10H,3-6H2,1-2H3,(H,14,16). The van der Waals surface area contributed by atoms with Crippen LogP contribution in [0, 0.1) is 25.2 Å². The number of nitrogens with zero attached hydrogens (tertiary/aromatic N) is 3. The van der Waals surface area contributed by atoms with Crippen molar-refractivity contribution in [3.8, 4) is 6.07 Å². The number of aromatic nitrogens is 2. The fourth-order valence-corrected chi connectivity index (χ4v) is 3.28. The normalized spacial score (nSPS) is 23.4. The molecule has 1 aliphatic rings. The van der Waals surface area contributed by atoms with Crippen molar-refractivity contribution in [1.82, 2.24) is 10.2 Å². The summed E-state index contributed by atoms with van der Waals surface area (Å²) in [5.74, 6) is 1.99. The SMILES string of the molecule is Cc1nnc(NC2CCS(=O)CC2)c(C#N)c1C. The van der Waals surface area contributed by atoms with Gasteiger partial charge in [-0.05, 0) is 32.3 Å². The lowest BCUT2D eigenvalue weighted by Gasteiger charge is -2.23. The zero-order valence-corrected chi connectivity index (χ0v) is 11.4. The molecule has 0 unspecified atom stereocenters. The van der Waals surface area contributed by atoms with Gasteiger partial charge in [-0.2, -0.15) is 10.4 Å². The van der Waals surface area contributed by atoms with Crippen molar-refractivity contribution < 1.29 is 4.21 Å². The molecule has 2 heterocycles. The van der Waals surface area contributed by atoms with Crippen LogP contribution in [0.1, 0.15) is 29.7 Å². The Balaban J connectivity index is 2.17. The number of anilines is 1. The first-order valence-electron chi connectivity index (χ1n) is 5.97. The average Bonchev–Trinajstić information content (AvgIpc) is 2.37. The Morgan fingerprint density at radius 2 is 2.00 bits per heavy atom. The molecule has 0 radical (unpaired) electrons. The van der Waals surface area contributed by atoms with E-state index in [0.29, 0.717) is 11.4 Å². The average molecular weight is 264 g/mol. The predicted octanol–water partition coefficient (Wildman–Crippen LogP) is 1.29. The summed E-state index contributed by atoms with van der Waals surface area (Å²) < 4.78 is 11.3. The van der Waals surface area contributed by atoms with Crippen molar-refractivity contribution in [2.75, 3.05) is 16.8 Å². The van der Waals surface area contributed by atoms with E-state index in [-0.39, 0.29) is 6.04 Å². The van der Waals surface area contributed by atoms with E-state index < -0.39 is 10.8 Å². The van der Waals surface area contributed by atoms with E-state index in [4.69, 9.17) is 0 Å². The molecule has 2 rings (SSSR count). The van der Waals surface area contributed by atoms with Crippen LogP contribution in [-0.4, -0.2) is 32.0 Å². The molecule has 0 spiro atoms. The molecule has 5 nitrogen and oxygen atoms in total. The highest BCUT2D eigenvalue weighted by Gasteiger charge is 2.20. The van der Waals surface area contributed by atoms with Gasteiger partial charge in [-0.3, -0.25) is 4.21 Å². The van der Waals surface area contributed by atoms with Crippen molar-refractivity contribution in [1.29, 1.82) is 5.26 Å². The number of rotatable bonds is 2. The topological polar surface area (TPSA) is 78.7 Å². The van der Waals surface area contributed by atoms with Crippen LogP contribution in [0.4, 0.5) is 5.82 Å². The smallest absolute Gasteiger partial charge is 0.167 e. The van der Waals surface area contributed by atoms with E-state index in [1.165, 1.54) is 0 Å². The summed E-state index contributed by atoms with van der Waals surface area (Å²) in [6, 6.07) is 2.42. The Morgan fingerprint density at radius 1 is 1.33 bits per heavy atom. The molecular weight excluding hydrogens is 248 g/mol. The fraction of sp³-hybridized carbons (Fsp3) is 0.583. The first kappa shape index (κ1) is 13.0. The van der Waals surface area contributed by atoms with Crippen LogP contribution in [0.5, 0.6) is 0 Å². The lowest BCUT2D eigenvalue weighted by Crippen LogP contribution is -2.30. The van der Waals surface area contributed by atoms with Crippen LogP contribution in [0.2, 0.25) is 0 Å². The maximum atomic E-state index is 11.3. The summed E-state index contributed by atoms with van der Waals surface area (Å²) in [5, 5.41) is 20.6. The molecule has 1 aliphatic heterocycles. The summed E-state index contributed by atoms with van der Waals surface area (Å²) in [4.78, 5) is 0. The highest BCUT2D eigenvalue weighted by molar-refractivity contribution is 7.85. The number of hydrogen-bond acceptors (Lipinski definition) is 5. The Bertz CT molecular complexity index is 514. The minimum Gasteiger partial charge on any atom is -0.365 e. The molecule has 1 fully saturated rings. The monoisotopic (exact) mass is 264 g/mol. The number of aryl methyl sites for hydroxylation is 1. The molecule has 1 aromatic rings. The van der Waals surface area contributed by atoms with Gasteiger partial charge in [0.15, 0.2) is 5.82 Å². The van der Waals surface area contributed by atoms with Crippen molar-refractivity contribution in [2.45, 2.75) is 32.7 Å². The second kappa shape index (κ2) is 5.44. The highest BCUT2D eigenvalue weighted by atomic mass is 32.2. The second-order valence-electron chi connectivity index (χ2n) is 4.51. The summed E-state index contributed by atoms with van der Waals surface area (Å²) in [6.45, 7) is 3.72. The summed E-state index contributed by atoms with van der Waals surface area (Å²) in [5.41, 5.74) is 2.21. The highest BCUT2D eigenvalue weighted by Crippen LogP contribution is 2.20. The third kappa shape index (κ3) is 2.67. The lowest BCUT2D eigenvalue weighted by molar-refractivity contribution is 0.621. The Morgan fingerprint density at radius 3 is 2.61 bits per heavy atom. The molecule has 96 valence electrons. The number of nitrogens with one attached hydrogen (secondary N) is 1. The van der Waals surface area contributed by atoms with Gasteiger partial charge in [0.05, 0.1) is 5.69 Å². The van der Waals surface area contributed by atoms with Crippen molar-refractivity contribution in [2.24, 2.45) is 0 Å². The third-order valence-corrected chi connectivity index (χ3v) is 4.68. The number of nitriles is 1. The summed E-state index contributed by atoms with van der Waals surface area (Å²) >= 11 is 0. The number of hydrogen-bond donors (Lipinski definition) is 1. The van der Waals surface area contributed by atoms with E-state index in [0.717, 1.165) is 35.6 Å². The molecule has 1 aromatic heterocycles. The van der Waals surface area contributed by atoms with Gasteiger partial charge in [-0.25, -0.2) is 0 Å². The minimum atomic E-state index is -0.675. The van der Waals surface area contributed by atoms with Gasteiger partial charge in [-0.15, -0.1) is 5.10 Å². The molecule has 0 aromatic carbocycles. The maximum Gasteiger partial charge on any atom is 0.167 e. The quantitative estimate of drug-likeness (QED) is 0.870. The van der Waals surface area contributed by atoms with Crippen molar-refractivity contribution in [3.63, 3.8) is 0 Å². The van der Waals surface area contributed by atoms with Crippen LogP contribution in [-0.2, 0) is 10.8 Å². The zero-order valence-electron chi connectivity index (χ0n) is 10.6. The first-order chi connectivity index (χ1) is 8.61. The molecule has 6 heteroatoms. The summed E-state index contributed by atoms with van der Waals surface area (Å²) in [6.07, 6.45) is 1.71. The summed E-state index contributed by atoms with van der Waals surface area (Å²) in [7, 11) is -0.675. The molecule has 0 atom stereocenters. The largest absolute Gasteiger partial charge is 0.365 e. The van der Waals surface area contributed by atoms with E-state index in [1.54, 1.807) is 0 Å². The molecule has 1 saturated heterocycles. The van der Waals surface area contributed by atoms with Crippen molar-refractivity contribution in [3.05, 3.63) is 16.8 Å². The molecular formula is C12H16N4OS. The Kier molecular flexibility index (Phi) is 3.92. The molecule has 0 amide bonds. The Labute approximate surface area is 109 Å². The molecule has 0 aliphatic carbocycles. The Hall–Kier alpha value is -1.48. The van der Waals surface area contributed by atoms with E-state index >= 15 is 0 Å². The van der Waals surface area contributed by atoms with Gasteiger partial charge in [0.25, 0.3) is 0 Å². The van der Waals surface area contributed by atoms with E-state index in [1.807, 2.05) is 13.8 Å². The van der Waals surface area contributed by atoms with Gasteiger partial charge in [-0.1, -0.05) is 0 Å². The van der Waals surface area contributed by atoms with Gasteiger partial charge in [0.1, 0.15) is 11.6 Å². The van der Waals surface area contributed by atoms with Gasteiger partial charge in [0, 0.05) is 28.3 Å². The van der Waals surface area contributed by atoms with Crippen LogP contribution in [0.3, 0.4) is 0 Å². The minimum absolute atomic E-state index is 0.242. The lowest BCUT2D eigenvalue weighted by atomic mass is 10.1. The second-order valence-corrected chi connectivity index (χ2v) is 6.21. The molecule has 0 bridgehead atoms. The van der Waals surface area contributed by atoms with Crippen LogP contribution in [0.25, 0.3) is 0 Å². The van der Waals surface area contributed by atoms with Gasteiger partial charge >= 0.3 is 0 Å². The predicted molar refractivity (Wildman–Crippen MR) is 70.7 cm³/mol. The molecule has 0 saturated carbocycles. The van der Waals surface area contributed by atoms with Crippen LogP contribution in [0.15, 0.2) is 0 Å². The molecule has 1 N–H and O–H groups in total. The zero-order chi connectivity index (χ0) is 13.1. The fourth-order valence-electron chi connectivity index (χ4n) is 1.98. The van der Waals surface area contributed by atoms with E-state index in [2.05, 4.69) is 21.6 Å².